The third kappa shape index (κ3) is 3.75. The number of Topliss-reactive ketones (excluding diaryl/α,β-unsaturated/α-hetero) is 1. The van der Waals surface area contributed by atoms with Crippen molar-refractivity contribution in [1.29, 1.82) is 0 Å². The van der Waals surface area contributed by atoms with Crippen molar-refractivity contribution in [3.05, 3.63) is 58.6 Å². The summed E-state index contributed by atoms with van der Waals surface area (Å²) in [6.07, 6.45) is -5.38. The number of hydrogen-bond donors (Lipinski definition) is 4. The van der Waals surface area contributed by atoms with Gasteiger partial charge in [0, 0.05) is 10.6 Å². The molecular formula is C19H16ClF3N2O5. The normalized spacial score (nSPS) is 24.0. The predicted molar refractivity (Wildman–Crippen MR) is 99.3 cm³/mol. The average Bonchev–Trinajstić information content (AvgIpc) is 2.67. The first-order chi connectivity index (χ1) is 14.0. The SMILES string of the molecule is COc1cc([C@@H]2NC(=O)N[C@@](O)(C(F)(F)F)[C@H]2C(=O)c2ccc(Cl)cc2)ccc1O. The summed E-state index contributed by atoms with van der Waals surface area (Å²) in [6.45, 7) is 0. The van der Waals surface area contributed by atoms with Crippen molar-refractivity contribution in [2.75, 3.05) is 7.11 Å². The number of urea groups is 1. The Bertz CT molecular complexity index is 983. The fraction of sp³-hybridized carbons (Fsp3) is 0.263. The number of alkyl halides is 3. The lowest BCUT2D eigenvalue weighted by Crippen LogP contribution is -2.72. The smallest absolute Gasteiger partial charge is 0.437 e. The van der Waals surface area contributed by atoms with Gasteiger partial charge in [0.15, 0.2) is 17.3 Å². The summed E-state index contributed by atoms with van der Waals surface area (Å²) in [5.74, 6) is -3.68. The Morgan fingerprint density at radius 1 is 1.20 bits per heavy atom. The molecule has 0 bridgehead atoms. The van der Waals surface area contributed by atoms with Crippen LogP contribution in [0.5, 0.6) is 11.5 Å². The molecule has 160 valence electrons. The summed E-state index contributed by atoms with van der Waals surface area (Å²) in [4.78, 5) is 25.1. The lowest BCUT2D eigenvalue weighted by Gasteiger charge is -2.45. The molecule has 0 spiro atoms. The van der Waals surface area contributed by atoms with Crippen LogP contribution in [0.4, 0.5) is 18.0 Å². The van der Waals surface area contributed by atoms with Crippen LogP contribution >= 0.6 is 11.6 Å². The molecular weight excluding hydrogens is 429 g/mol. The van der Waals surface area contributed by atoms with Gasteiger partial charge in [0.1, 0.15) is 5.92 Å². The number of ketones is 1. The molecule has 11 heteroatoms. The quantitative estimate of drug-likeness (QED) is 0.542. The molecule has 0 unspecified atom stereocenters. The highest BCUT2D eigenvalue weighted by Crippen LogP contribution is 2.45. The van der Waals surface area contributed by atoms with Crippen LogP contribution in [0.15, 0.2) is 42.5 Å². The lowest BCUT2D eigenvalue weighted by molar-refractivity contribution is -0.287. The molecule has 0 aromatic heterocycles. The molecule has 2 aromatic carbocycles. The van der Waals surface area contributed by atoms with Crippen LogP contribution in [-0.2, 0) is 0 Å². The van der Waals surface area contributed by atoms with E-state index in [0.29, 0.717) is 0 Å². The molecule has 3 atom stereocenters. The van der Waals surface area contributed by atoms with Crippen LogP contribution < -0.4 is 15.4 Å². The van der Waals surface area contributed by atoms with Crippen molar-refractivity contribution < 1.29 is 37.7 Å². The van der Waals surface area contributed by atoms with Gasteiger partial charge in [0.05, 0.1) is 13.2 Å². The van der Waals surface area contributed by atoms with E-state index in [9.17, 15) is 33.0 Å². The van der Waals surface area contributed by atoms with Crippen LogP contribution in [0.25, 0.3) is 0 Å². The fourth-order valence-electron chi connectivity index (χ4n) is 3.30. The van der Waals surface area contributed by atoms with E-state index in [1.165, 1.54) is 48.8 Å². The minimum Gasteiger partial charge on any atom is -0.504 e. The topological polar surface area (TPSA) is 108 Å². The Morgan fingerprint density at radius 3 is 2.40 bits per heavy atom. The van der Waals surface area contributed by atoms with Gasteiger partial charge in [0.2, 0.25) is 5.72 Å². The number of ether oxygens (including phenoxy) is 1. The van der Waals surface area contributed by atoms with E-state index in [0.717, 1.165) is 6.07 Å². The first-order valence-corrected chi connectivity index (χ1v) is 8.90. The highest BCUT2D eigenvalue weighted by Gasteiger charge is 2.66. The van der Waals surface area contributed by atoms with Gasteiger partial charge in [-0.2, -0.15) is 13.2 Å². The molecule has 1 aliphatic heterocycles. The van der Waals surface area contributed by atoms with Gasteiger partial charge in [-0.1, -0.05) is 17.7 Å². The second-order valence-corrected chi connectivity index (χ2v) is 7.06. The van der Waals surface area contributed by atoms with Crippen LogP contribution in [0.3, 0.4) is 0 Å². The Hall–Kier alpha value is -2.98. The predicted octanol–water partition coefficient (Wildman–Crippen LogP) is 3.16. The molecule has 1 saturated heterocycles. The number of phenolic OH excluding ortho intramolecular Hbond substituents is 1. The largest absolute Gasteiger partial charge is 0.504 e. The number of aromatic hydroxyl groups is 1. The number of hydrogen-bond acceptors (Lipinski definition) is 5. The molecule has 0 aliphatic carbocycles. The maximum atomic E-state index is 13.9. The van der Waals surface area contributed by atoms with Crippen molar-refractivity contribution in [2.24, 2.45) is 5.92 Å². The standard InChI is InChI=1S/C19H16ClF3N2O5/c1-30-13-8-10(4-7-12(13)26)15-14(16(27)9-2-5-11(20)6-3-9)18(29,19(21,22)23)25-17(28)24-15/h2-8,14-15,26,29H,1H3,(H2,24,25,28)/t14-,15+,18+/m1/s1. The van der Waals surface area contributed by atoms with E-state index in [2.05, 4.69) is 5.32 Å². The number of benzene rings is 2. The van der Waals surface area contributed by atoms with E-state index in [1.807, 2.05) is 0 Å². The molecule has 30 heavy (non-hydrogen) atoms. The van der Waals surface area contributed by atoms with Gasteiger partial charge < -0.3 is 25.6 Å². The number of methoxy groups -OCH3 is 1. The van der Waals surface area contributed by atoms with Crippen molar-refractivity contribution >= 4 is 23.4 Å². The zero-order chi connectivity index (χ0) is 22.3. The number of rotatable bonds is 4. The lowest BCUT2D eigenvalue weighted by atomic mass is 9.77. The zero-order valence-corrected chi connectivity index (χ0v) is 16.1. The third-order valence-corrected chi connectivity index (χ3v) is 5.03. The van der Waals surface area contributed by atoms with Crippen LogP contribution in [-0.4, -0.2) is 41.0 Å². The molecule has 4 N–H and O–H groups in total. The van der Waals surface area contributed by atoms with Gasteiger partial charge in [-0.3, -0.25) is 4.79 Å². The van der Waals surface area contributed by atoms with E-state index in [1.54, 1.807) is 0 Å². The molecule has 2 amide bonds. The molecule has 7 nitrogen and oxygen atoms in total. The number of halogens is 4. The number of carbonyl (C=O) groups is 2. The van der Waals surface area contributed by atoms with E-state index in [-0.39, 0.29) is 27.6 Å². The second kappa shape index (κ2) is 7.69. The van der Waals surface area contributed by atoms with Crippen molar-refractivity contribution in [2.45, 2.75) is 17.9 Å². The van der Waals surface area contributed by atoms with Crippen LogP contribution in [0, 0.1) is 5.92 Å². The summed E-state index contributed by atoms with van der Waals surface area (Å²) >= 11 is 5.78. The fourth-order valence-corrected chi connectivity index (χ4v) is 3.42. The van der Waals surface area contributed by atoms with Gasteiger partial charge in [-0.05, 0) is 42.0 Å². The molecule has 3 rings (SSSR count). The van der Waals surface area contributed by atoms with Crippen molar-refractivity contribution in [3.63, 3.8) is 0 Å². The monoisotopic (exact) mass is 444 g/mol. The number of aliphatic hydroxyl groups is 1. The molecule has 0 radical (unpaired) electrons. The highest BCUT2D eigenvalue weighted by molar-refractivity contribution is 6.30. The van der Waals surface area contributed by atoms with E-state index >= 15 is 0 Å². The first-order valence-electron chi connectivity index (χ1n) is 8.52. The van der Waals surface area contributed by atoms with E-state index < -0.39 is 35.7 Å². The second-order valence-electron chi connectivity index (χ2n) is 6.62. The van der Waals surface area contributed by atoms with Gasteiger partial charge >= 0.3 is 12.2 Å². The molecule has 0 saturated carbocycles. The number of carbonyl (C=O) groups excluding carboxylic acids is 2. The van der Waals surface area contributed by atoms with E-state index in [4.69, 9.17) is 16.3 Å². The minimum atomic E-state index is -5.38. The Labute approximate surface area is 173 Å². The Kier molecular flexibility index (Phi) is 5.57. The Balaban J connectivity index is 2.18. The maximum absolute atomic E-state index is 13.9. The Morgan fingerprint density at radius 2 is 1.83 bits per heavy atom. The van der Waals surface area contributed by atoms with Gasteiger partial charge in [-0.15, -0.1) is 0 Å². The minimum absolute atomic E-state index is 0.00879. The molecule has 1 aliphatic rings. The van der Waals surface area contributed by atoms with Gasteiger partial charge in [-0.25, -0.2) is 4.79 Å². The van der Waals surface area contributed by atoms with Crippen LogP contribution in [0.2, 0.25) is 5.02 Å². The number of amides is 2. The highest BCUT2D eigenvalue weighted by atomic mass is 35.5. The van der Waals surface area contributed by atoms with Gasteiger partial charge in [0.25, 0.3) is 0 Å². The number of nitrogens with one attached hydrogen (secondary N) is 2. The summed E-state index contributed by atoms with van der Waals surface area (Å²) in [7, 11) is 1.22. The summed E-state index contributed by atoms with van der Waals surface area (Å²) in [5, 5.41) is 24.2. The average molecular weight is 445 g/mol. The summed E-state index contributed by atoms with van der Waals surface area (Å²) in [5.41, 5.74) is -4.00. The molecule has 1 heterocycles. The third-order valence-electron chi connectivity index (χ3n) is 4.78. The van der Waals surface area contributed by atoms with Crippen molar-refractivity contribution in [3.8, 4) is 11.5 Å². The first kappa shape index (κ1) is 21.7. The summed E-state index contributed by atoms with van der Waals surface area (Å²) in [6, 6.07) is 5.66. The van der Waals surface area contributed by atoms with Crippen LogP contribution in [0.1, 0.15) is 22.0 Å². The molecule has 2 aromatic rings. The molecule has 1 fully saturated rings. The summed E-state index contributed by atoms with van der Waals surface area (Å²) < 4.78 is 46.5. The van der Waals surface area contributed by atoms with Crippen molar-refractivity contribution in [1.82, 2.24) is 10.6 Å². The maximum Gasteiger partial charge on any atom is 0.437 e. The zero-order valence-electron chi connectivity index (χ0n) is 15.3. The number of phenols is 1.